The minimum atomic E-state index is 1.03. The first kappa shape index (κ1) is 10.5. The molecule has 0 bridgehead atoms. The summed E-state index contributed by atoms with van der Waals surface area (Å²) in [5.41, 5.74) is 2.78. The van der Waals surface area contributed by atoms with Crippen LogP contribution in [0.4, 0.5) is 0 Å². The zero-order valence-electron chi connectivity index (χ0n) is 8.20. The average Bonchev–Trinajstić information content (AvgIpc) is 2.00. The molecule has 0 unspecified atom stereocenters. The molecule has 0 aromatic heterocycles. The quantitative estimate of drug-likeness (QED) is 0.535. The van der Waals surface area contributed by atoms with Crippen molar-refractivity contribution in [3.05, 3.63) is 23.3 Å². The molecule has 0 spiro atoms. The zero-order chi connectivity index (χ0) is 8.69. The second-order valence-corrected chi connectivity index (χ2v) is 2.66. The Kier molecular flexibility index (Phi) is 5.91. The molecule has 0 saturated carbocycles. The Hall–Kier alpha value is -0.520. The molecule has 0 nitrogen and oxygen atoms in total. The van der Waals surface area contributed by atoms with Gasteiger partial charge in [0.25, 0.3) is 0 Å². The van der Waals surface area contributed by atoms with Crippen molar-refractivity contribution in [2.24, 2.45) is 0 Å². The second kappa shape index (κ2) is 6.21. The van der Waals surface area contributed by atoms with E-state index in [0.29, 0.717) is 0 Å². The van der Waals surface area contributed by atoms with Crippen LogP contribution >= 0.6 is 0 Å². The first-order chi connectivity index (χ1) is 5.26. The van der Waals surface area contributed by atoms with Gasteiger partial charge >= 0.3 is 0 Å². The molecule has 0 amide bonds. The smallest absolute Gasteiger partial charge is 0.0302 e. The highest BCUT2D eigenvalue weighted by atomic mass is 14.0. The standard InChI is InChI=1S/C11H19/c1-5-8-10(4)11(7-3)9-6-2/h8H,5-7H2,1-4H3. The lowest BCUT2D eigenvalue weighted by Gasteiger charge is -2.02. The second-order valence-electron chi connectivity index (χ2n) is 2.66. The van der Waals surface area contributed by atoms with Crippen LogP contribution in [0.15, 0.2) is 17.2 Å². The Balaban J connectivity index is 4.25. The van der Waals surface area contributed by atoms with E-state index in [2.05, 4.69) is 39.8 Å². The number of allylic oxidation sites excluding steroid dienone is 4. The van der Waals surface area contributed by atoms with Crippen molar-refractivity contribution in [1.29, 1.82) is 0 Å². The predicted molar refractivity (Wildman–Crippen MR) is 51.4 cm³/mol. The van der Waals surface area contributed by atoms with Crippen molar-refractivity contribution in [1.82, 2.24) is 0 Å². The Morgan fingerprint density at radius 1 is 1.27 bits per heavy atom. The largest absolute Gasteiger partial charge is 0.0816 e. The Morgan fingerprint density at radius 3 is 2.27 bits per heavy atom. The molecule has 0 N–H and O–H groups in total. The topological polar surface area (TPSA) is 0 Å². The van der Waals surface area contributed by atoms with Crippen LogP contribution in [-0.2, 0) is 0 Å². The van der Waals surface area contributed by atoms with Gasteiger partial charge in [0.05, 0.1) is 0 Å². The van der Waals surface area contributed by atoms with Crippen LogP contribution in [-0.4, -0.2) is 0 Å². The van der Waals surface area contributed by atoms with Crippen LogP contribution < -0.4 is 0 Å². The number of hydrogen-bond acceptors (Lipinski definition) is 0. The lowest BCUT2D eigenvalue weighted by Crippen LogP contribution is -1.83. The van der Waals surface area contributed by atoms with Crippen molar-refractivity contribution in [2.75, 3.05) is 0 Å². The van der Waals surface area contributed by atoms with Crippen molar-refractivity contribution in [3.8, 4) is 0 Å². The fourth-order valence-electron chi connectivity index (χ4n) is 1.19. The van der Waals surface area contributed by atoms with Gasteiger partial charge in [-0.15, -0.1) is 0 Å². The molecular weight excluding hydrogens is 132 g/mol. The van der Waals surface area contributed by atoms with Gasteiger partial charge in [-0.25, -0.2) is 0 Å². The predicted octanol–water partition coefficient (Wildman–Crippen LogP) is 3.89. The summed E-state index contributed by atoms with van der Waals surface area (Å²) in [5, 5.41) is 0. The Labute approximate surface area is 71.0 Å². The minimum absolute atomic E-state index is 1.03. The lowest BCUT2D eigenvalue weighted by atomic mass is 10.0. The van der Waals surface area contributed by atoms with Gasteiger partial charge in [0, 0.05) is 0 Å². The molecule has 1 radical (unpaired) electrons. The lowest BCUT2D eigenvalue weighted by molar-refractivity contribution is 1.03. The molecule has 0 aliphatic heterocycles. The maximum absolute atomic E-state index is 3.37. The van der Waals surface area contributed by atoms with E-state index in [-0.39, 0.29) is 0 Å². The highest BCUT2D eigenvalue weighted by molar-refractivity contribution is 5.26. The van der Waals surface area contributed by atoms with Gasteiger partial charge < -0.3 is 0 Å². The van der Waals surface area contributed by atoms with Crippen LogP contribution in [0.1, 0.15) is 47.0 Å². The highest BCUT2D eigenvalue weighted by Gasteiger charge is 1.94. The fraction of sp³-hybridized carbons (Fsp3) is 0.636. The summed E-state index contributed by atoms with van der Waals surface area (Å²) in [6, 6.07) is 0. The zero-order valence-corrected chi connectivity index (χ0v) is 8.20. The van der Waals surface area contributed by atoms with E-state index in [1.54, 1.807) is 0 Å². The third-order valence-corrected chi connectivity index (χ3v) is 1.73. The summed E-state index contributed by atoms with van der Waals surface area (Å²) >= 11 is 0. The maximum atomic E-state index is 3.37. The van der Waals surface area contributed by atoms with Gasteiger partial charge in [0.15, 0.2) is 0 Å². The average molecular weight is 151 g/mol. The van der Waals surface area contributed by atoms with Gasteiger partial charge in [-0.1, -0.05) is 32.4 Å². The number of hydrogen-bond donors (Lipinski definition) is 0. The van der Waals surface area contributed by atoms with Crippen LogP contribution in [0, 0.1) is 6.08 Å². The summed E-state index contributed by atoms with van der Waals surface area (Å²) in [4.78, 5) is 0. The molecule has 0 heterocycles. The molecule has 0 saturated heterocycles. The van der Waals surface area contributed by atoms with E-state index in [4.69, 9.17) is 0 Å². The molecule has 0 aromatic carbocycles. The van der Waals surface area contributed by atoms with Gasteiger partial charge in [-0.05, 0) is 37.8 Å². The van der Waals surface area contributed by atoms with E-state index in [9.17, 15) is 0 Å². The van der Waals surface area contributed by atoms with Gasteiger partial charge in [0.2, 0.25) is 0 Å². The molecular formula is C11H19. The first-order valence-electron chi connectivity index (χ1n) is 4.53. The van der Waals surface area contributed by atoms with E-state index >= 15 is 0 Å². The molecule has 63 valence electrons. The van der Waals surface area contributed by atoms with Gasteiger partial charge in [0.1, 0.15) is 0 Å². The summed E-state index contributed by atoms with van der Waals surface area (Å²) < 4.78 is 0. The number of rotatable bonds is 4. The van der Waals surface area contributed by atoms with Gasteiger partial charge in [-0.3, -0.25) is 0 Å². The molecule has 0 rings (SSSR count). The van der Waals surface area contributed by atoms with E-state index in [1.165, 1.54) is 11.1 Å². The molecule has 11 heavy (non-hydrogen) atoms. The van der Waals surface area contributed by atoms with Crippen LogP contribution in [0.3, 0.4) is 0 Å². The Morgan fingerprint density at radius 2 is 1.91 bits per heavy atom. The normalized spacial score (nSPS) is 13.8. The van der Waals surface area contributed by atoms with E-state index < -0.39 is 0 Å². The maximum Gasteiger partial charge on any atom is -0.0302 e. The highest BCUT2D eigenvalue weighted by Crippen LogP contribution is 2.13. The molecule has 0 fully saturated rings. The molecule has 0 atom stereocenters. The monoisotopic (exact) mass is 151 g/mol. The van der Waals surface area contributed by atoms with Crippen LogP contribution in [0.2, 0.25) is 0 Å². The van der Waals surface area contributed by atoms with Crippen molar-refractivity contribution >= 4 is 0 Å². The van der Waals surface area contributed by atoms with Crippen molar-refractivity contribution in [3.63, 3.8) is 0 Å². The third-order valence-electron chi connectivity index (χ3n) is 1.73. The first-order valence-corrected chi connectivity index (χ1v) is 4.53. The third kappa shape index (κ3) is 4.02. The van der Waals surface area contributed by atoms with Crippen molar-refractivity contribution < 1.29 is 0 Å². The van der Waals surface area contributed by atoms with Crippen LogP contribution in [0.5, 0.6) is 0 Å². The summed E-state index contributed by atoms with van der Waals surface area (Å²) in [7, 11) is 0. The van der Waals surface area contributed by atoms with Gasteiger partial charge in [-0.2, -0.15) is 0 Å². The molecule has 0 heteroatoms. The Bertz CT molecular complexity index is 149. The minimum Gasteiger partial charge on any atom is -0.0816 e. The summed E-state index contributed by atoms with van der Waals surface area (Å²) in [6.07, 6.45) is 8.89. The molecule has 0 aliphatic rings. The molecule has 0 aromatic rings. The summed E-state index contributed by atoms with van der Waals surface area (Å²) in [6.45, 7) is 8.66. The van der Waals surface area contributed by atoms with Crippen molar-refractivity contribution in [2.45, 2.75) is 47.0 Å². The van der Waals surface area contributed by atoms with E-state index in [1.807, 2.05) is 0 Å². The summed E-state index contributed by atoms with van der Waals surface area (Å²) in [5.74, 6) is 0. The fourth-order valence-corrected chi connectivity index (χ4v) is 1.19. The van der Waals surface area contributed by atoms with E-state index in [0.717, 1.165) is 19.3 Å². The SMILES string of the molecule is CC/[C]=C(\CC)C(C)=CCC. The van der Waals surface area contributed by atoms with Crippen LogP contribution in [0.25, 0.3) is 0 Å². The molecule has 0 aliphatic carbocycles.